The van der Waals surface area contributed by atoms with Gasteiger partial charge in [0.05, 0.1) is 6.54 Å². The molecule has 16 heavy (non-hydrogen) atoms. The molecule has 2 aromatic rings. The van der Waals surface area contributed by atoms with Gasteiger partial charge in [0.1, 0.15) is 0 Å². The van der Waals surface area contributed by atoms with Gasteiger partial charge in [-0.1, -0.05) is 12.1 Å². The van der Waals surface area contributed by atoms with Crippen LogP contribution in [0.5, 0.6) is 0 Å². The summed E-state index contributed by atoms with van der Waals surface area (Å²) in [4.78, 5) is 13.4. The Kier molecular flexibility index (Phi) is 3.22. The van der Waals surface area contributed by atoms with Crippen molar-refractivity contribution in [2.45, 2.75) is 6.42 Å². The Morgan fingerprint density at radius 1 is 1.38 bits per heavy atom. The number of aromatic nitrogens is 1. The number of H-pyrrole nitrogens is 1. The lowest BCUT2D eigenvalue weighted by Gasteiger charge is -2.02. The third kappa shape index (κ3) is 2.61. The van der Waals surface area contributed by atoms with Gasteiger partial charge < -0.3 is 15.4 Å². The second kappa shape index (κ2) is 4.81. The van der Waals surface area contributed by atoms with Gasteiger partial charge in [-0.25, -0.2) is 0 Å². The molecule has 0 saturated carbocycles. The van der Waals surface area contributed by atoms with Crippen LogP contribution in [0.4, 0.5) is 0 Å². The first kappa shape index (κ1) is 10.7. The predicted molar refractivity (Wildman–Crippen MR) is 62.5 cm³/mol. The number of hydrogen-bond acceptors (Lipinski definition) is 2. The van der Waals surface area contributed by atoms with Crippen LogP contribution in [-0.4, -0.2) is 29.1 Å². The zero-order chi connectivity index (χ0) is 11.4. The Hall–Kier alpha value is -1.81. The molecular formula is C12H14N2O2. The highest BCUT2D eigenvalue weighted by Gasteiger charge is 1.98. The second-order valence-electron chi connectivity index (χ2n) is 3.72. The van der Waals surface area contributed by atoms with Crippen molar-refractivity contribution in [3.63, 3.8) is 0 Å². The van der Waals surface area contributed by atoms with E-state index in [4.69, 9.17) is 5.11 Å². The van der Waals surface area contributed by atoms with Crippen LogP contribution in [0.3, 0.4) is 0 Å². The van der Waals surface area contributed by atoms with Crippen molar-refractivity contribution in [2.24, 2.45) is 0 Å². The molecule has 0 fully saturated rings. The van der Waals surface area contributed by atoms with Gasteiger partial charge in [-0.3, -0.25) is 4.79 Å². The summed E-state index contributed by atoms with van der Waals surface area (Å²) in [5.74, 6) is -0.820. The summed E-state index contributed by atoms with van der Waals surface area (Å²) in [6, 6.07) is 8.26. The first-order valence-electron chi connectivity index (χ1n) is 5.24. The van der Waals surface area contributed by atoms with Crippen LogP contribution >= 0.6 is 0 Å². The molecule has 1 aromatic heterocycles. The largest absolute Gasteiger partial charge is 0.480 e. The summed E-state index contributed by atoms with van der Waals surface area (Å²) in [7, 11) is 0. The number of benzene rings is 1. The molecule has 2 rings (SSSR count). The lowest BCUT2D eigenvalue weighted by atomic mass is 10.1. The van der Waals surface area contributed by atoms with Gasteiger partial charge >= 0.3 is 5.97 Å². The molecule has 0 spiro atoms. The van der Waals surface area contributed by atoms with Gasteiger partial charge in [0, 0.05) is 11.7 Å². The Balaban J connectivity index is 1.91. The van der Waals surface area contributed by atoms with E-state index in [-0.39, 0.29) is 6.54 Å². The molecule has 84 valence electrons. The fourth-order valence-corrected chi connectivity index (χ4v) is 1.68. The van der Waals surface area contributed by atoms with E-state index in [0.29, 0.717) is 6.54 Å². The number of hydrogen-bond donors (Lipinski definition) is 3. The Morgan fingerprint density at radius 2 is 2.25 bits per heavy atom. The molecule has 1 aromatic carbocycles. The smallest absolute Gasteiger partial charge is 0.317 e. The first-order valence-corrected chi connectivity index (χ1v) is 5.24. The molecule has 0 unspecified atom stereocenters. The van der Waals surface area contributed by atoms with Gasteiger partial charge in [0.2, 0.25) is 0 Å². The zero-order valence-electron chi connectivity index (χ0n) is 8.86. The van der Waals surface area contributed by atoms with Crippen molar-refractivity contribution in [2.75, 3.05) is 13.1 Å². The lowest BCUT2D eigenvalue weighted by molar-refractivity contribution is -0.135. The van der Waals surface area contributed by atoms with Crippen molar-refractivity contribution in [3.05, 3.63) is 36.0 Å². The number of carbonyl (C=O) groups is 1. The maximum atomic E-state index is 10.3. The molecule has 0 bridgehead atoms. The minimum absolute atomic E-state index is 0.0186. The highest BCUT2D eigenvalue weighted by atomic mass is 16.4. The number of carboxylic acid groups (broad SMARTS) is 1. The van der Waals surface area contributed by atoms with Crippen LogP contribution in [0.15, 0.2) is 30.5 Å². The fourth-order valence-electron chi connectivity index (χ4n) is 1.68. The number of rotatable bonds is 5. The highest BCUT2D eigenvalue weighted by Crippen LogP contribution is 2.14. The summed E-state index contributed by atoms with van der Waals surface area (Å²) < 4.78 is 0. The zero-order valence-corrected chi connectivity index (χ0v) is 8.86. The summed E-state index contributed by atoms with van der Waals surface area (Å²) in [5, 5.41) is 12.5. The Bertz CT molecular complexity index is 490. The SMILES string of the molecule is O=C(O)CNCCc1ccc2cc[nH]c2c1. The maximum Gasteiger partial charge on any atom is 0.317 e. The van der Waals surface area contributed by atoms with E-state index >= 15 is 0 Å². The van der Waals surface area contributed by atoms with Crippen molar-refractivity contribution >= 4 is 16.9 Å². The van der Waals surface area contributed by atoms with Gasteiger partial charge in [0.25, 0.3) is 0 Å². The first-order chi connectivity index (χ1) is 7.75. The van der Waals surface area contributed by atoms with Crippen molar-refractivity contribution < 1.29 is 9.90 Å². The second-order valence-corrected chi connectivity index (χ2v) is 3.72. The molecule has 3 N–H and O–H groups in total. The molecule has 0 aliphatic carbocycles. The standard InChI is InChI=1S/C12H14N2O2/c15-12(16)8-13-5-3-9-1-2-10-4-6-14-11(10)7-9/h1-2,4,6-7,13-14H,3,5,8H2,(H,15,16). The molecular weight excluding hydrogens is 204 g/mol. The lowest BCUT2D eigenvalue weighted by Crippen LogP contribution is -2.24. The van der Waals surface area contributed by atoms with E-state index < -0.39 is 5.97 Å². The molecule has 0 atom stereocenters. The van der Waals surface area contributed by atoms with Crippen LogP contribution in [0.2, 0.25) is 0 Å². The monoisotopic (exact) mass is 218 g/mol. The predicted octanol–water partition coefficient (Wildman–Crippen LogP) is 1.38. The molecule has 0 aliphatic heterocycles. The Morgan fingerprint density at radius 3 is 3.06 bits per heavy atom. The van der Waals surface area contributed by atoms with Crippen LogP contribution in [0.25, 0.3) is 10.9 Å². The van der Waals surface area contributed by atoms with Gasteiger partial charge in [-0.2, -0.15) is 0 Å². The van der Waals surface area contributed by atoms with Crippen LogP contribution in [0, 0.1) is 0 Å². The molecule has 1 heterocycles. The van der Waals surface area contributed by atoms with Crippen LogP contribution < -0.4 is 5.32 Å². The quantitative estimate of drug-likeness (QED) is 0.664. The molecule has 0 aliphatic rings. The summed E-state index contributed by atoms with van der Waals surface area (Å²) in [5.41, 5.74) is 2.32. The van der Waals surface area contributed by atoms with E-state index in [1.165, 1.54) is 10.9 Å². The van der Waals surface area contributed by atoms with Crippen LogP contribution in [0.1, 0.15) is 5.56 Å². The molecule has 0 amide bonds. The van der Waals surface area contributed by atoms with E-state index in [2.05, 4.69) is 28.5 Å². The van der Waals surface area contributed by atoms with Gasteiger partial charge in [0.15, 0.2) is 0 Å². The maximum absolute atomic E-state index is 10.3. The summed E-state index contributed by atoms with van der Waals surface area (Å²) >= 11 is 0. The molecule has 0 radical (unpaired) electrons. The number of fused-ring (bicyclic) bond motifs is 1. The minimum atomic E-state index is -0.820. The van der Waals surface area contributed by atoms with Crippen molar-refractivity contribution in [3.8, 4) is 0 Å². The normalized spacial score (nSPS) is 10.8. The Labute approximate surface area is 93.3 Å². The van der Waals surface area contributed by atoms with Crippen molar-refractivity contribution in [1.82, 2.24) is 10.3 Å². The number of carboxylic acids is 1. The fraction of sp³-hybridized carbons (Fsp3) is 0.250. The summed E-state index contributed by atoms with van der Waals surface area (Å²) in [6.45, 7) is 0.698. The number of aromatic amines is 1. The van der Waals surface area contributed by atoms with E-state index in [9.17, 15) is 4.79 Å². The average Bonchev–Trinajstić information content (AvgIpc) is 2.71. The van der Waals surface area contributed by atoms with Gasteiger partial charge in [-0.05, 0) is 36.0 Å². The topological polar surface area (TPSA) is 65.1 Å². The summed E-state index contributed by atoms with van der Waals surface area (Å²) in [6.07, 6.45) is 2.75. The number of nitrogens with one attached hydrogen (secondary N) is 2. The van der Waals surface area contributed by atoms with Crippen molar-refractivity contribution in [1.29, 1.82) is 0 Å². The minimum Gasteiger partial charge on any atom is -0.480 e. The third-order valence-corrected chi connectivity index (χ3v) is 2.49. The van der Waals surface area contributed by atoms with E-state index in [1.54, 1.807) is 0 Å². The molecule has 4 nitrogen and oxygen atoms in total. The van der Waals surface area contributed by atoms with E-state index in [1.807, 2.05) is 12.3 Å². The average molecular weight is 218 g/mol. The van der Waals surface area contributed by atoms with Crippen LogP contribution in [-0.2, 0) is 11.2 Å². The highest BCUT2D eigenvalue weighted by molar-refractivity contribution is 5.79. The molecule has 4 heteroatoms. The third-order valence-electron chi connectivity index (χ3n) is 2.49. The molecule has 0 saturated heterocycles. The van der Waals surface area contributed by atoms with E-state index in [0.717, 1.165) is 11.9 Å². The van der Waals surface area contributed by atoms with Gasteiger partial charge in [-0.15, -0.1) is 0 Å². The number of aliphatic carboxylic acids is 1.